The molecule has 0 spiro atoms. The molecule has 36 heavy (non-hydrogen) atoms. The maximum atomic E-state index is 5.96. The van der Waals surface area contributed by atoms with Gasteiger partial charge in [-0.1, -0.05) is 53.6 Å². The fraction of sp³-hybridized carbons (Fsp3) is 0.455. The first-order chi connectivity index (χ1) is 16.3. The van der Waals surface area contributed by atoms with E-state index in [-0.39, 0.29) is 27.4 Å². The monoisotopic (exact) mass is 608 g/mol. The number of rotatable bonds is 5. The van der Waals surface area contributed by atoms with E-state index in [9.17, 15) is 0 Å². The number of hydrogen-bond acceptors (Lipinski definition) is 1. The van der Waals surface area contributed by atoms with Crippen molar-refractivity contribution in [3.63, 3.8) is 0 Å². The molecule has 0 saturated heterocycles. The standard InChI is InChI=1S/C24H26S.C9H21P.Ru/c1-14-10-16(3)22(17(4)11-14)20-8-7-9-21(24(20)25)23-18(5)12-15(2)13-19(23)6;1-7(2)10(8(3)4)9(5)6;/h7-13,25H,1-6H3;7-9H,1-6H3;/q;;+1. The average Bonchev–Trinajstić information content (AvgIpc) is 2.68. The third-order valence-corrected chi connectivity index (χ3v) is 11.3. The van der Waals surface area contributed by atoms with E-state index in [4.69, 9.17) is 12.6 Å². The van der Waals surface area contributed by atoms with Crippen LogP contribution in [0.15, 0.2) is 47.4 Å². The van der Waals surface area contributed by atoms with Crippen LogP contribution in [0.3, 0.4) is 0 Å². The summed E-state index contributed by atoms with van der Waals surface area (Å²) >= 11 is 5.96. The van der Waals surface area contributed by atoms with Gasteiger partial charge in [-0.25, -0.2) is 0 Å². The molecule has 0 amide bonds. The van der Waals surface area contributed by atoms with Gasteiger partial charge < -0.3 is 12.6 Å². The van der Waals surface area contributed by atoms with E-state index in [2.05, 4.69) is 126 Å². The molecule has 0 heterocycles. The van der Waals surface area contributed by atoms with Gasteiger partial charge in [-0.3, -0.25) is 0 Å². The van der Waals surface area contributed by atoms with E-state index in [1.54, 1.807) is 0 Å². The van der Waals surface area contributed by atoms with Gasteiger partial charge in [-0.15, -0.1) is 0 Å². The molecule has 0 nitrogen and oxygen atoms in total. The Morgan fingerprint density at radius 3 is 1.06 bits per heavy atom. The normalized spacial score (nSPS) is 11.1. The Morgan fingerprint density at radius 1 is 0.556 bits per heavy atom. The van der Waals surface area contributed by atoms with Crippen LogP contribution in [0.25, 0.3) is 22.3 Å². The molecular weight excluding hydrogens is 560 g/mol. The molecule has 0 N–H and O–H groups in total. The molecule has 3 heteroatoms. The Morgan fingerprint density at radius 2 is 0.833 bits per heavy atom. The first-order valence-electron chi connectivity index (χ1n) is 13.1. The molecule has 0 saturated carbocycles. The molecule has 0 unspecified atom stereocenters. The van der Waals surface area contributed by atoms with Crippen molar-refractivity contribution in [3.8, 4) is 22.3 Å². The second-order valence-corrected chi connectivity index (χ2v) is 16.1. The summed E-state index contributed by atoms with van der Waals surface area (Å²) in [7, 11) is -0.0957. The Labute approximate surface area is 242 Å². The fourth-order valence-electron chi connectivity index (χ4n) is 6.14. The maximum absolute atomic E-state index is 5.96. The Hall–Kier alpha value is -1.07. The molecule has 197 valence electrons. The van der Waals surface area contributed by atoms with Gasteiger partial charge in [0.15, 0.2) is 0 Å². The molecule has 0 aromatic heterocycles. The van der Waals surface area contributed by atoms with Crippen molar-refractivity contribution in [2.24, 2.45) is 0 Å². The predicted octanol–water partition coefficient (Wildman–Crippen LogP) is 10.2. The largest absolute Gasteiger partial charge is 1.00 e. The van der Waals surface area contributed by atoms with E-state index in [1.165, 1.54) is 55.6 Å². The minimum absolute atomic E-state index is 0. The van der Waals surface area contributed by atoms with Gasteiger partial charge in [0, 0.05) is 7.92 Å². The third kappa shape index (κ3) is 7.97. The maximum Gasteiger partial charge on any atom is 1.00 e. The Balaban J connectivity index is 0.000000504. The summed E-state index contributed by atoms with van der Waals surface area (Å²) in [6.45, 7) is 27.2. The molecule has 0 atom stereocenters. The third-order valence-electron chi connectivity index (χ3n) is 6.91. The SMILES string of the molecule is CC(C)[PH+](C(C)C)C(C)C.Cc1cc(C)c(-c2cccc(-c3c(C)cc(C)cc3C)c2[S-])c(C)c1.[Ru+]. The molecule has 0 aliphatic heterocycles. The minimum atomic E-state index is -0.0957. The molecule has 0 aliphatic carbocycles. The summed E-state index contributed by atoms with van der Waals surface area (Å²) in [4.78, 5) is 0.951. The fourth-order valence-corrected chi connectivity index (χ4v) is 10.5. The van der Waals surface area contributed by atoms with Gasteiger partial charge in [-0.2, -0.15) is 4.90 Å². The van der Waals surface area contributed by atoms with Crippen LogP contribution in [0, 0.1) is 41.5 Å². The number of hydrogen-bond donors (Lipinski definition) is 0. The van der Waals surface area contributed by atoms with Crippen molar-refractivity contribution in [2.45, 2.75) is 105 Å². The van der Waals surface area contributed by atoms with E-state index in [0.717, 1.165) is 21.9 Å². The molecule has 3 aromatic carbocycles. The smallest absolute Gasteiger partial charge is 0.779 e. The molecule has 0 fully saturated rings. The Bertz CT molecular complexity index is 1020. The first kappa shape index (κ1) is 33.0. The minimum Gasteiger partial charge on any atom is -0.779 e. The first-order valence-corrected chi connectivity index (χ1v) is 15.2. The zero-order valence-corrected chi connectivity index (χ0v) is 28.1. The van der Waals surface area contributed by atoms with Crippen molar-refractivity contribution in [3.05, 3.63) is 75.8 Å². The van der Waals surface area contributed by atoms with Gasteiger partial charge in [0.1, 0.15) is 0 Å². The van der Waals surface area contributed by atoms with Crippen LogP contribution in [-0.2, 0) is 32.1 Å². The average molecular weight is 608 g/mol. The summed E-state index contributed by atoms with van der Waals surface area (Å²) in [5, 5.41) is 0. The van der Waals surface area contributed by atoms with Gasteiger partial charge in [0.2, 0.25) is 0 Å². The van der Waals surface area contributed by atoms with E-state index in [0.29, 0.717) is 0 Å². The summed E-state index contributed by atoms with van der Waals surface area (Å²) in [6, 6.07) is 15.4. The van der Waals surface area contributed by atoms with E-state index >= 15 is 0 Å². The molecule has 3 rings (SSSR count). The van der Waals surface area contributed by atoms with Gasteiger partial charge in [-0.05, 0) is 128 Å². The van der Waals surface area contributed by atoms with E-state index in [1.807, 2.05) is 0 Å². The summed E-state index contributed by atoms with van der Waals surface area (Å²) in [6.07, 6.45) is 0. The summed E-state index contributed by atoms with van der Waals surface area (Å²) in [5.74, 6) is 0. The second-order valence-electron chi connectivity index (χ2n) is 11.2. The van der Waals surface area contributed by atoms with Crippen molar-refractivity contribution < 1.29 is 19.5 Å². The van der Waals surface area contributed by atoms with Gasteiger partial charge in [0.25, 0.3) is 0 Å². The van der Waals surface area contributed by atoms with Crippen LogP contribution in [0.4, 0.5) is 0 Å². The number of aryl methyl sites for hydroxylation is 6. The van der Waals surface area contributed by atoms with Gasteiger partial charge >= 0.3 is 19.5 Å². The topological polar surface area (TPSA) is 0 Å². The molecule has 3 aromatic rings. The van der Waals surface area contributed by atoms with Crippen molar-refractivity contribution >= 4 is 20.6 Å². The number of benzene rings is 3. The van der Waals surface area contributed by atoms with Crippen LogP contribution < -0.4 is 0 Å². The molecule has 1 radical (unpaired) electrons. The second kappa shape index (κ2) is 14.2. The zero-order valence-electron chi connectivity index (χ0n) is 24.5. The quantitative estimate of drug-likeness (QED) is 0.158. The molecule has 0 aliphatic rings. The van der Waals surface area contributed by atoms with Crippen molar-refractivity contribution in [2.75, 3.05) is 0 Å². The van der Waals surface area contributed by atoms with E-state index < -0.39 is 0 Å². The molecule has 0 bridgehead atoms. The Kier molecular flexibility index (Phi) is 13.0. The van der Waals surface area contributed by atoms with Crippen LogP contribution >= 0.6 is 7.92 Å². The molecular formula is C33H47PRuS+. The predicted molar refractivity (Wildman–Crippen MR) is 165 cm³/mol. The summed E-state index contributed by atoms with van der Waals surface area (Å²) < 4.78 is 0. The van der Waals surface area contributed by atoms with Crippen molar-refractivity contribution in [1.82, 2.24) is 0 Å². The van der Waals surface area contributed by atoms with Crippen LogP contribution in [0.1, 0.15) is 74.9 Å². The van der Waals surface area contributed by atoms with Crippen LogP contribution in [-0.4, -0.2) is 17.0 Å². The zero-order chi connectivity index (χ0) is 26.6. The van der Waals surface area contributed by atoms with Gasteiger partial charge in [0.05, 0.1) is 17.0 Å². The van der Waals surface area contributed by atoms with Crippen LogP contribution in [0.2, 0.25) is 0 Å². The van der Waals surface area contributed by atoms with Crippen LogP contribution in [0.5, 0.6) is 0 Å². The summed E-state index contributed by atoms with van der Waals surface area (Å²) in [5.41, 5.74) is 15.5. The van der Waals surface area contributed by atoms with Crippen molar-refractivity contribution in [1.29, 1.82) is 0 Å².